The van der Waals surface area contributed by atoms with Gasteiger partial charge in [-0.2, -0.15) is 0 Å². The first-order valence-electron chi connectivity index (χ1n) is 12.5. The van der Waals surface area contributed by atoms with Crippen LogP contribution in [0.4, 0.5) is 27.5 Å². The Hall–Kier alpha value is -3.33. The van der Waals surface area contributed by atoms with E-state index in [2.05, 4.69) is 53.9 Å². The average molecular weight is 475 g/mol. The first kappa shape index (κ1) is 22.2. The van der Waals surface area contributed by atoms with Crippen molar-refractivity contribution in [3.63, 3.8) is 0 Å². The molecule has 3 aliphatic rings. The van der Waals surface area contributed by atoms with Crippen molar-refractivity contribution in [2.75, 3.05) is 48.3 Å². The summed E-state index contributed by atoms with van der Waals surface area (Å²) in [6.07, 6.45) is 8.81. The summed E-state index contributed by atoms with van der Waals surface area (Å²) in [7, 11) is 2.15. The van der Waals surface area contributed by atoms with Gasteiger partial charge in [-0.3, -0.25) is 4.90 Å². The Bertz CT molecular complexity index is 1200. The highest BCUT2D eigenvalue weighted by Gasteiger charge is 2.42. The second-order valence-electron chi connectivity index (χ2n) is 10.1. The quantitative estimate of drug-likeness (QED) is 0.596. The van der Waals surface area contributed by atoms with Gasteiger partial charge in [0.1, 0.15) is 17.3 Å². The van der Waals surface area contributed by atoms with Crippen molar-refractivity contribution in [2.45, 2.75) is 38.3 Å². The Morgan fingerprint density at radius 3 is 2.63 bits per heavy atom. The second-order valence-corrected chi connectivity index (χ2v) is 10.1. The lowest BCUT2D eigenvalue weighted by Crippen LogP contribution is -2.44. The van der Waals surface area contributed by atoms with E-state index in [1.807, 2.05) is 18.3 Å². The first-order chi connectivity index (χ1) is 17.0. The molecule has 0 amide bonds. The topological polar surface area (TPSA) is 73.3 Å². The largest absolute Gasteiger partial charge is 0.363 e. The highest BCUT2D eigenvalue weighted by molar-refractivity contribution is 5.63. The van der Waals surface area contributed by atoms with E-state index in [0.717, 1.165) is 38.4 Å². The fraction of sp³-hybridized carbons (Fsp3) is 0.462. The summed E-state index contributed by atoms with van der Waals surface area (Å²) >= 11 is 0. The van der Waals surface area contributed by atoms with Gasteiger partial charge in [-0.05, 0) is 56.5 Å². The maximum absolute atomic E-state index is 15.0. The van der Waals surface area contributed by atoms with E-state index >= 15 is 4.39 Å². The lowest BCUT2D eigenvalue weighted by Gasteiger charge is -2.33. The van der Waals surface area contributed by atoms with Crippen molar-refractivity contribution < 1.29 is 4.39 Å². The van der Waals surface area contributed by atoms with Crippen molar-refractivity contribution >= 4 is 23.1 Å². The van der Waals surface area contributed by atoms with Crippen LogP contribution in [0.5, 0.6) is 0 Å². The van der Waals surface area contributed by atoms with Gasteiger partial charge in [-0.15, -0.1) is 0 Å². The van der Waals surface area contributed by atoms with Gasteiger partial charge >= 0.3 is 0 Å². The molecular formula is C26H31FN8. The molecule has 1 unspecified atom stereocenters. The fourth-order valence-corrected chi connectivity index (χ4v) is 5.68. The number of nitrogens with one attached hydrogen (secondary N) is 1. The Morgan fingerprint density at radius 2 is 1.91 bits per heavy atom. The number of rotatable bonds is 5. The van der Waals surface area contributed by atoms with E-state index in [-0.39, 0.29) is 5.82 Å². The van der Waals surface area contributed by atoms with Crippen molar-refractivity contribution in [2.24, 2.45) is 5.92 Å². The van der Waals surface area contributed by atoms with Crippen LogP contribution in [0.25, 0.3) is 11.4 Å². The third kappa shape index (κ3) is 4.40. The molecular weight excluding hydrogens is 443 g/mol. The predicted octanol–water partition coefficient (Wildman–Crippen LogP) is 3.95. The van der Waals surface area contributed by atoms with Crippen LogP contribution in [0, 0.1) is 11.7 Å². The maximum atomic E-state index is 15.0. The van der Waals surface area contributed by atoms with E-state index in [1.54, 1.807) is 18.5 Å². The van der Waals surface area contributed by atoms with Crippen LogP contribution in [-0.4, -0.2) is 70.1 Å². The number of likely N-dealkylation sites (tertiary alicyclic amines) is 1. The summed E-state index contributed by atoms with van der Waals surface area (Å²) in [5.74, 6) is 1.75. The molecule has 6 rings (SSSR count). The zero-order valence-electron chi connectivity index (χ0n) is 20.2. The zero-order chi connectivity index (χ0) is 23.9. The molecule has 8 nitrogen and oxygen atoms in total. The number of piperidine rings is 1. The first-order valence-corrected chi connectivity index (χ1v) is 12.5. The molecule has 3 atom stereocenters. The van der Waals surface area contributed by atoms with E-state index in [4.69, 9.17) is 0 Å². The lowest BCUT2D eigenvalue weighted by molar-refractivity contribution is 0.292. The Kier molecular flexibility index (Phi) is 5.72. The summed E-state index contributed by atoms with van der Waals surface area (Å²) in [5.41, 5.74) is 2.64. The van der Waals surface area contributed by atoms with Crippen LogP contribution in [0.1, 0.15) is 26.2 Å². The summed E-state index contributed by atoms with van der Waals surface area (Å²) in [6.45, 7) is 6.18. The van der Waals surface area contributed by atoms with Gasteiger partial charge in [0.2, 0.25) is 5.95 Å². The smallest absolute Gasteiger partial charge is 0.227 e. The van der Waals surface area contributed by atoms with E-state index in [9.17, 15) is 0 Å². The minimum atomic E-state index is -0.227. The second kappa shape index (κ2) is 9.03. The minimum absolute atomic E-state index is 0.227. The van der Waals surface area contributed by atoms with Crippen molar-refractivity contribution in [3.8, 4) is 11.4 Å². The number of piperazine rings is 1. The third-order valence-corrected chi connectivity index (χ3v) is 7.56. The van der Waals surface area contributed by atoms with Crippen LogP contribution in [0.2, 0.25) is 0 Å². The zero-order valence-corrected chi connectivity index (χ0v) is 20.2. The monoisotopic (exact) mass is 474 g/mol. The molecule has 3 aromatic rings. The Labute approximate surface area is 205 Å². The molecule has 2 bridgehead atoms. The predicted molar refractivity (Wildman–Crippen MR) is 136 cm³/mol. The summed E-state index contributed by atoms with van der Waals surface area (Å²) < 4.78 is 15.0. The molecule has 182 valence electrons. The molecule has 0 saturated carbocycles. The standard InChI is InChI=1S/C26H31FN8/c1-17-4-3-9-34(14-17)25-13-29-23(12-30-25)22-7-8-28-26(32-22)31-18-5-6-24(21(27)10-18)35-16-19-11-20(35)15-33(19)2/h5-8,10,12-13,17,19-20H,3-4,9,11,14-16H2,1-2H3,(H,28,31,32)/t17?,19-,20-/m0/s1. The number of halogens is 1. The van der Waals surface area contributed by atoms with Crippen LogP contribution in [0.15, 0.2) is 42.9 Å². The normalized spacial score (nSPS) is 24.3. The van der Waals surface area contributed by atoms with Crippen molar-refractivity contribution in [1.82, 2.24) is 24.8 Å². The Balaban J connectivity index is 1.15. The molecule has 0 spiro atoms. The highest BCUT2D eigenvalue weighted by Crippen LogP contribution is 2.36. The number of hydrogen-bond acceptors (Lipinski definition) is 8. The van der Waals surface area contributed by atoms with Gasteiger partial charge in [-0.1, -0.05) is 6.92 Å². The molecule has 9 heteroatoms. The van der Waals surface area contributed by atoms with Crippen LogP contribution in [-0.2, 0) is 0 Å². The fourth-order valence-electron chi connectivity index (χ4n) is 5.68. The third-order valence-electron chi connectivity index (χ3n) is 7.56. The minimum Gasteiger partial charge on any atom is -0.363 e. The highest BCUT2D eigenvalue weighted by atomic mass is 19.1. The van der Waals surface area contributed by atoms with Crippen LogP contribution >= 0.6 is 0 Å². The van der Waals surface area contributed by atoms with Crippen molar-refractivity contribution in [3.05, 3.63) is 48.7 Å². The van der Waals surface area contributed by atoms with E-state index < -0.39 is 0 Å². The molecule has 2 aromatic heterocycles. The molecule has 1 N–H and O–H groups in total. The van der Waals surface area contributed by atoms with Gasteiger partial charge in [0.25, 0.3) is 0 Å². The number of fused-ring (bicyclic) bond motifs is 2. The molecule has 3 aliphatic heterocycles. The van der Waals surface area contributed by atoms with Gasteiger partial charge in [0, 0.05) is 50.1 Å². The number of nitrogens with zero attached hydrogens (tertiary/aromatic N) is 7. The lowest BCUT2D eigenvalue weighted by atomic mass is 10.0. The molecule has 3 fully saturated rings. The summed E-state index contributed by atoms with van der Waals surface area (Å²) in [4.78, 5) is 25.0. The average Bonchev–Trinajstić information content (AvgIpc) is 3.44. The summed E-state index contributed by atoms with van der Waals surface area (Å²) in [6, 6.07) is 7.99. The SMILES string of the molecule is CC1CCCN(c2cnc(-c3ccnc(Nc4ccc(N5C[C@@H]6C[C@H]5CN6C)c(F)c4)n3)cn2)C1. The molecule has 5 heterocycles. The number of benzene rings is 1. The molecule has 3 saturated heterocycles. The Morgan fingerprint density at radius 1 is 1.00 bits per heavy atom. The van der Waals surface area contributed by atoms with Crippen LogP contribution < -0.4 is 15.1 Å². The summed E-state index contributed by atoms with van der Waals surface area (Å²) in [5, 5.41) is 3.14. The van der Waals surface area contributed by atoms with Gasteiger partial charge in [-0.25, -0.2) is 24.3 Å². The van der Waals surface area contributed by atoms with Crippen LogP contribution in [0.3, 0.4) is 0 Å². The number of hydrogen-bond donors (Lipinski definition) is 1. The maximum Gasteiger partial charge on any atom is 0.227 e. The van der Waals surface area contributed by atoms with Gasteiger partial charge < -0.3 is 15.1 Å². The molecule has 0 aliphatic carbocycles. The van der Waals surface area contributed by atoms with Gasteiger partial charge in [0.05, 0.1) is 23.8 Å². The number of anilines is 4. The van der Waals surface area contributed by atoms with E-state index in [1.165, 1.54) is 18.9 Å². The van der Waals surface area contributed by atoms with Gasteiger partial charge in [0.15, 0.2) is 0 Å². The molecule has 1 aromatic carbocycles. The molecule has 0 radical (unpaired) electrons. The van der Waals surface area contributed by atoms with Crippen molar-refractivity contribution in [1.29, 1.82) is 0 Å². The molecule has 35 heavy (non-hydrogen) atoms. The number of aromatic nitrogens is 4. The van der Waals surface area contributed by atoms with E-state index in [0.29, 0.717) is 46.7 Å². The number of likely N-dealkylation sites (N-methyl/N-ethyl adjacent to an activating group) is 1.